The van der Waals surface area contributed by atoms with E-state index in [-0.39, 0.29) is 0 Å². The fourth-order valence-electron chi connectivity index (χ4n) is 1.38. The largest absolute Gasteiger partial charge is 0.230 e. The zero-order valence-corrected chi connectivity index (χ0v) is 11.6. The fraction of sp³-hybridized carbons (Fsp3) is 0.0769. The molecule has 0 aliphatic heterocycles. The van der Waals surface area contributed by atoms with Crippen molar-refractivity contribution in [2.24, 2.45) is 0 Å². The SMILES string of the molecule is N#Cc1cc(Cl)nc(SCc2ccccc2Cl)c1. The van der Waals surface area contributed by atoms with Gasteiger partial charge in [0.1, 0.15) is 5.15 Å². The Morgan fingerprint density at radius 2 is 2.00 bits per heavy atom. The van der Waals surface area contributed by atoms with Crippen molar-refractivity contribution in [3.63, 3.8) is 0 Å². The Kier molecular flexibility index (Phi) is 4.48. The van der Waals surface area contributed by atoms with E-state index in [1.54, 1.807) is 12.1 Å². The van der Waals surface area contributed by atoms with E-state index < -0.39 is 0 Å². The number of nitrogens with zero attached hydrogens (tertiary/aromatic N) is 2. The van der Waals surface area contributed by atoms with E-state index in [9.17, 15) is 0 Å². The molecule has 0 N–H and O–H groups in total. The third kappa shape index (κ3) is 3.39. The van der Waals surface area contributed by atoms with Crippen LogP contribution < -0.4 is 0 Å². The molecule has 0 aliphatic carbocycles. The lowest BCUT2D eigenvalue weighted by Crippen LogP contribution is -1.87. The number of thioether (sulfide) groups is 1. The molecule has 2 aromatic rings. The number of rotatable bonds is 3. The molecule has 18 heavy (non-hydrogen) atoms. The monoisotopic (exact) mass is 294 g/mol. The van der Waals surface area contributed by atoms with E-state index in [1.807, 2.05) is 24.3 Å². The molecule has 0 atom stereocenters. The average molecular weight is 295 g/mol. The number of hydrogen-bond donors (Lipinski definition) is 0. The van der Waals surface area contributed by atoms with Gasteiger partial charge < -0.3 is 0 Å². The van der Waals surface area contributed by atoms with Crippen LogP contribution in [0.15, 0.2) is 41.4 Å². The minimum atomic E-state index is 0.329. The van der Waals surface area contributed by atoms with Crippen molar-refractivity contribution in [2.75, 3.05) is 0 Å². The molecule has 2 rings (SSSR count). The van der Waals surface area contributed by atoms with Crippen LogP contribution in [-0.4, -0.2) is 4.98 Å². The van der Waals surface area contributed by atoms with Gasteiger partial charge in [0.05, 0.1) is 16.7 Å². The van der Waals surface area contributed by atoms with Crippen LogP contribution >= 0.6 is 35.0 Å². The van der Waals surface area contributed by atoms with Crippen LogP contribution in [0.3, 0.4) is 0 Å². The van der Waals surface area contributed by atoms with E-state index in [1.165, 1.54) is 11.8 Å². The molecule has 0 saturated carbocycles. The first-order valence-electron chi connectivity index (χ1n) is 5.13. The molecule has 0 spiro atoms. The van der Waals surface area contributed by atoms with Crippen LogP contribution in [0.2, 0.25) is 10.2 Å². The summed E-state index contributed by atoms with van der Waals surface area (Å²) in [6.45, 7) is 0. The summed E-state index contributed by atoms with van der Waals surface area (Å²) in [4.78, 5) is 4.16. The Labute approximate surface area is 120 Å². The molecule has 0 saturated heterocycles. The lowest BCUT2D eigenvalue weighted by Gasteiger charge is -2.04. The molecule has 1 aromatic heterocycles. The number of nitriles is 1. The van der Waals surface area contributed by atoms with Crippen molar-refractivity contribution < 1.29 is 0 Å². The van der Waals surface area contributed by atoms with Gasteiger partial charge in [0.2, 0.25) is 0 Å². The number of halogens is 2. The number of pyridine rings is 1. The molecule has 1 heterocycles. The van der Waals surface area contributed by atoms with E-state index in [0.717, 1.165) is 15.6 Å². The normalized spacial score (nSPS) is 10.1. The molecule has 0 unspecified atom stereocenters. The molecule has 90 valence electrons. The van der Waals surface area contributed by atoms with E-state index in [2.05, 4.69) is 11.1 Å². The lowest BCUT2D eigenvalue weighted by molar-refractivity contribution is 1.12. The van der Waals surface area contributed by atoms with Gasteiger partial charge in [0.15, 0.2) is 0 Å². The summed E-state index contributed by atoms with van der Waals surface area (Å²) < 4.78 is 0. The highest BCUT2D eigenvalue weighted by molar-refractivity contribution is 7.98. The topological polar surface area (TPSA) is 36.7 Å². The molecule has 0 fully saturated rings. The second-order valence-corrected chi connectivity index (χ2v) is 5.30. The highest BCUT2D eigenvalue weighted by Gasteiger charge is 2.04. The van der Waals surface area contributed by atoms with E-state index >= 15 is 0 Å². The fourth-order valence-corrected chi connectivity index (χ4v) is 2.85. The maximum absolute atomic E-state index is 8.85. The van der Waals surface area contributed by atoms with Crippen LogP contribution in [-0.2, 0) is 5.75 Å². The third-order valence-electron chi connectivity index (χ3n) is 2.23. The number of benzene rings is 1. The van der Waals surface area contributed by atoms with Crippen LogP contribution in [0.5, 0.6) is 0 Å². The maximum atomic E-state index is 8.85. The highest BCUT2D eigenvalue weighted by atomic mass is 35.5. The van der Waals surface area contributed by atoms with Crippen molar-refractivity contribution in [1.82, 2.24) is 4.98 Å². The first-order valence-corrected chi connectivity index (χ1v) is 6.87. The molecule has 0 aliphatic rings. The van der Waals surface area contributed by atoms with Crippen LogP contribution in [0.25, 0.3) is 0 Å². The first kappa shape index (κ1) is 13.2. The summed E-state index contributed by atoms with van der Waals surface area (Å²) in [5.41, 5.74) is 1.54. The van der Waals surface area contributed by atoms with Crippen LogP contribution in [0.1, 0.15) is 11.1 Å². The predicted octanol–water partition coefficient (Wildman–Crippen LogP) is 4.55. The lowest BCUT2D eigenvalue weighted by atomic mass is 10.2. The summed E-state index contributed by atoms with van der Waals surface area (Å²) >= 11 is 13.4. The Morgan fingerprint density at radius 1 is 1.22 bits per heavy atom. The van der Waals surface area contributed by atoms with Gasteiger partial charge in [0.25, 0.3) is 0 Å². The molecular formula is C13H8Cl2N2S. The van der Waals surface area contributed by atoms with Crippen LogP contribution in [0, 0.1) is 11.3 Å². The Hall–Kier alpha value is -1.21. The first-order chi connectivity index (χ1) is 8.69. The molecule has 2 nitrogen and oxygen atoms in total. The summed E-state index contributed by atoms with van der Waals surface area (Å²) in [5, 5.41) is 10.6. The summed E-state index contributed by atoms with van der Waals surface area (Å²) in [5.74, 6) is 0.692. The molecule has 5 heteroatoms. The number of hydrogen-bond acceptors (Lipinski definition) is 3. The minimum absolute atomic E-state index is 0.329. The van der Waals surface area contributed by atoms with E-state index in [4.69, 9.17) is 28.5 Å². The highest BCUT2D eigenvalue weighted by Crippen LogP contribution is 2.26. The standard InChI is InChI=1S/C13H8Cl2N2S/c14-11-4-2-1-3-10(11)8-18-13-6-9(7-16)5-12(15)17-13/h1-6H,8H2. The Balaban J connectivity index is 2.14. The molecular weight excluding hydrogens is 287 g/mol. The van der Waals surface area contributed by atoms with Gasteiger partial charge >= 0.3 is 0 Å². The van der Waals surface area contributed by atoms with Gasteiger partial charge in [-0.25, -0.2) is 4.98 Å². The summed E-state index contributed by atoms with van der Waals surface area (Å²) in [6.07, 6.45) is 0. The number of aromatic nitrogens is 1. The van der Waals surface area contributed by atoms with Gasteiger partial charge in [-0.2, -0.15) is 5.26 Å². The molecule has 0 amide bonds. The van der Waals surface area contributed by atoms with E-state index in [0.29, 0.717) is 16.5 Å². The van der Waals surface area contributed by atoms with Gasteiger partial charge in [0, 0.05) is 10.8 Å². The third-order valence-corrected chi connectivity index (χ3v) is 3.76. The smallest absolute Gasteiger partial charge is 0.131 e. The van der Waals surface area contributed by atoms with Gasteiger partial charge in [-0.05, 0) is 23.8 Å². The molecule has 0 radical (unpaired) electrons. The minimum Gasteiger partial charge on any atom is -0.230 e. The second kappa shape index (κ2) is 6.10. The molecule has 1 aromatic carbocycles. The molecule has 0 bridgehead atoms. The van der Waals surface area contributed by atoms with Crippen molar-refractivity contribution in [3.8, 4) is 6.07 Å². The van der Waals surface area contributed by atoms with Gasteiger partial charge in [-0.1, -0.05) is 41.4 Å². The van der Waals surface area contributed by atoms with Crippen molar-refractivity contribution in [1.29, 1.82) is 5.26 Å². The van der Waals surface area contributed by atoms with Crippen molar-refractivity contribution in [2.45, 2.75) is 10.8 Å². The van der Waals surface area contributed by atoms with Gasteiger partial charge in [-0.3, -0.25) is 0 Å². The van der Waals surface area contributed by atoms with Crippen LogP contribution in [0.4, 0.5) is 0 Å². The Morgan fingerprint density at radius 3 is 2.72 bits per heavy atom. The average Bonchev–Trinajstić information content (AvgIpc) is 2.37. The summed E-state index contributed by atoms with van der Waals surface area (Å²) in [7, 11) is 0. The van der Waals surface area contributed by atoms with Crippen molar-refractivity contribution in [3.05, 3.63) is 57.7 Å². The van der Waals surface area contributed by atoms with Gasteiger partial charge in [-0.15, -0.1) is 11.8 Å². The van der Waals surface area contributed by atoms with Crippen molar-refractivity contribution >= 4 is 35.0 Å². The predicted molar refractivity (Wildman–Crippen MR) is 75.0 cm³/mol. The summed E-state index contributed by atoms with van der Waals surface area (Å²) in [6, 6.07) is 13.0. The zero-order valence-electron chi connectivity index (χ0n) is 9.23. The maximum Gasteiger partial charge on any atom is 0.131 e. The zero-order chi connectivity index (χ0) is 13.0. The Bertz CT molecular complexity index is 608. The quantitative estimate of drug-likeness (QED) is 0.615. The second-order valence-electron chi connectivity index (χ2n) is 3.51.